The van der Waals surface area contributed by atoms with E-state index in [-0.39, 0.29) is 34.8 Å². The van der Waals surface area contributed by atoms with Crippen molar-refractivity contribution in [2.45, 2.75) is 32.6 Å². The van der Waals surface area contributed by atoms with E-state index >= 15 is 0 Å². The van der Waals surface area contributed by atoms with Crippen LogP contribution in [-0.2, 0) is 24.6 Å². The van der Waals surface area contributed by atoms with Gasteiger partial charge in [0.2, 0.25) is 11.8 Å². The highest BCUT2D eigenvalue weighted by Gasteiger charge is 2.35. The molecule has 0 radical (unpaired) electrons. The molecule has 5 aromatic rings. The maximum atomic E-state index is 13.5. The van der Waals surface area contributed by atoms with Crippen molar-refractivity contribution in [1.29, 1.82) is 0 Å². The Hall–Kier alpha value is -5.28. The van der Waals surface area contributed by atoms with Crippen LogP contribution in [0.25, 0.3) is 22.4 Å². The molecule has 218 valence electrons. The van der Waals surface area contributed by atoms with Crippen molar-refractivity contribution < 1.29 is 27.2 Å². The zero-order valence-corrected chi connectivity index (χ0v) is 22.6. The molecular formula is C26H23F3N8O5. The number of halogens is 3. The molecule has 5 heterocycles. The standard InChI is InChI=1S/C26H23F3N8O5/c1-13-8-16(34-42-13)11-36-24(39)20-21(35(3)25(36)40)31-12-37(20)14(2)22(38)33-19-7-5-6-18(32-19)15-9-17(26(27,28)29)23(41-4)30-10-15/h5-10,12,14H,11H2,1-4H3,(H,32,33,38). The van der Waals surface area contributed by atoms with E-state index in [0.717, 1.165) is 17.7 Å². The molecule has 16 heteroatoms. The van der Waals surface area contributed by atoms with Crippen molar-refractivity contribution in [3.8, 4) is 17.1 Å². The number of amides is 1. The summed E-state index contributed by atoms with van der Waals surface area (Å²) < 4.78 is 53.6. The van der Waals surface area contributed by atoms with Gasteiger partial charge in [0, 0.05) is 24.9 Å². The number of hydrogen-bond acceptors (Lipinski definition) is 9. The van der Waals surface area contributed by atoms with E-state index in [1.807, 2.05) is 0 Å². The normalized spacial score (nSPS) is 12.5. The SMILES string of the molecule is COc1ncc(-c2cccc(NC(=O)C(C)n3cnc4c3c(=O)n(Cc3cc(C)on3)c(=O)n4C)n2)cc1C(F)(F)F. The summed E-state index contributed by atoms with van der Waals surface area (Å²) in [7, 11) is 2.53. The van der Waals surface area contributed by atoms with Crippen molar-refractivity contribution in [2.24, 2.45) is 7.05 Å². The van der Waals surface area contributed by atoms with E-state index in [4.69, 9.17) is 9.26 Å². The number of pyridine rings is 2. The Morgan fingerprint density at radius 3 is 2.62 bits per heavy atom. The minimum Gasteiger partial charge on any atom is -0.481 e. The second-order valence-electron chi connectivity index (χ2n) is 9.34. The van der Waals surface area contributed by atoms with Crippen molar-refractivity contribution in [3.63, 3.8) is 0 Å². The molecule has 0 bridgehead atoms. The summed E-state index contributed by atoms with van der Waals surface area (Å²) in [6, 6.07) is 5.87. The van der Waals surface area contributed by atoms with Crippen LogP contribution in [-0.4, -0.2) is 46.8 Å². The predicted octanol–water partition coefficient (Wildman–Crippen LogP) is 2.93. The fourth-order valence-electron chi connectivity index (χ4n) is 4.36. The fourth-order valence-corrected chi connectivity index (χ4v) is 4.36. The molecule has 0 aliphatic rings. The molecule has 0 aliphatic carbocycles. The van der Waals surface area contributed by atoms with Gasteiger partial charge in [0.05, 0.1) is 25.7 Å². The smallest absolute Gasteiger partial charge is 0.421 e. The Morgan fingerprint density at radius 1 is 1.19 bits per heavy atom. The van der Waals surface area contributed by atoms with Crippen LogP contribution < -0.4 is 21.3 Å². The first-order chi connectivity index (χ1) is 19.9. The fraction of sp³-hybridized carbons (Fsp3) is 0.269. The molecule has 1 unspecified atom stereocenters. The number of methoxy groups -OCH3 is 1. The molecule has 1 amide bonds. The minimum atomic E-state index is -4.71. The number of rotatable bonds is 7. The largest absolute Gasteiger partial charge is 0.481 e. The van der Waals surface area contributed by atoms with Crippen LogP contribution in [0, 0.1) is 6.92 Å². The van der Waals surface area contributed by atoms with Crippen LogP contribution in [0.5, 0.6) is 5.88 Å². The third kappa shape index (κ3) is 5.13. The number of hydrogen-bond donors (Lipinski definition) is 1. The van der Waals surface area contributed by atoms with Crippen LogP contribution in [0.15, 0.2) is 57.0 Å². The molecule has 0 fully saturated rings. The summed E-state index contributed by atoms with van der Waals surface area (Å²) in [5.74, 6) is -0.628. The van der Waals surface area contributed by atoms with Gasteiger partial charge in [0.25, 0.3) is 5.56 Å². The number of imidazole rings is 1. The maximum absolute atomic E-state index is 13.5. The van der Waals surface area contributed by atoms with E-state index in [1.165, 1.54) is 53.8 Å². The molecular weight excluding hydrogens is 561 g/mol. The summed E-state index contributed by atoms with van der Waals surface area (Å²) in [5, 5.41) is 6.44. The summed E-state index contributed by atoms with van der Waals surface area (Å²) in [6.07, 6.45) is -2.26. The highest BCUT2D eigenvalue weighted by Crippen LogP contribution is 2.37. The first-order valence-electron chi connectivity index (χ1n) is 12.4. The molecule has 0 spiro atoms. The van der Waals surface area contributed by atoms with E-state index in [2.05, 4.69) is 25.4 Å². The van der Waals surface area contributed by atoms with Gasteiger partial charge in [0.1, 0.15) is 28.9 Å². The molecule has 5 rings (SSSR count). The number of carbonyl (C=O) groups is 1. The zero-order chi connectivity index (χ0) is 30.3. The lowest BCUT2D eigenvalue weighted by molar-refractivity contribution is -0.139. The second kappa shape index (κ2) is 10.6. The van der Waals surface area contributed by atoms with Crippen molar-refractivity contribution in [3.05, 3.63) is 80.7 Å². The number of anilines is 1. The third-order valence-corrected chi connectivity index (χ3v) is 6.50. The van der Waals surface area contributed by atoms with Gasteiger partial charge in [-0.3, -0.25) is 18.7 Å². The van der Waals surface area contributed by atoms with E-state index in [1.54, 1.807) is 13.0 Å². The van der Waals surface area contributed by atoms with Crippen LogP contribution in [0.4, 0.5) is 19.0 Å². The highest BCUT2D eigenvalue weighted by atomic mass is 19.4. The Morgan fingerprint density at radius 2 is 1.95 bits per heavy atom. The number of ether oxygens (including phenoxy) is 1. The van der Waals surface area contributed by atoms with Gasteiger partial charge in [-0.25, -0.2) is 19.7 Å². The van der Waals surface area contributed by atoms with Gasteiger partial charge < -0.3 is 19.1 Å². The Bertz CT molecular complexity index is 1940. The number of carbonyl (C=O) groups excluding carboxylic acids is 1. The first kappa shape index (κ1) is 28.3. The topological polar surface area (TPSA) is 152 Å². The third-order valence-electron chi connectivity index (χ3n) is 6.50. The van der Waals surface area contributed by atoms with E-state index < -0.39 is 40.8 Å². The van der Waals surface area contributed by atoms with Crippen molar-refractivity contribution in [1.82, 2.24) is 33.8 Å². The lowest BCUT2D eigenvalue weighted by Crippen LogP contribution is -2.40. The molecule has 1 atom stereocenters. The molecule has 0 aliphatic heterocycles. The van der Waals surface area contributed by atoms with Gasteiger partial charge in [-0.15, -0.1) is 0 Å². The van der Waals surface area contributed by atoms with Crippen LogP contribution in [0.3, 0.4) is 0 Å². The monoisotopic (exact) mass is 584 g/mol. The minimum absolute atomic E-state index is 0.00524. The van der Waals surface area contributed by atoms with Gasteiger partial charge >= 0.3 is 11.9 Å². The highest BCUT2D eigenvalue weighted by molar-refractivity contribution is 5.93. The van der Waals surface area contributed by atoms with Crippen molar-refractivity contribution in [2.75, 3.05) is 12.4 Å². The Labute approximate surface area is 234 Å². The van der Waals surface area contributed by atoms with Gasteiger partial charge in [-0.1, -0.05) is 11.2 Å². The van der Waals surface area contributed by atoms with Crippen molar-refractivity contribution >= 4 is 22.9 Å². The quantitative estimate of drug-likeness (QED) is 0.304. The summed E-state index contributed by atoms with van der Waals surface area (Å²) in [5.41, 5.74) is -1.76. The molecule has 0 saturated heterocycles. The van der Waals surface area contributed by atoms with Crippen LogP contribution >= 0.6 is 0 Å². The van der Waals surface area contributed by atoms with Gasteiger partial charge in [-0.2, -0.15) is 13.2 Å². The maximum Gasteiger partial charge on any atom is 0.421 e. The molecule has 5 aromatic heterocycles. The van der Waals surface area contributed by atoms with Crippen LogP contribution in [0.2, 0.25) is 0 Å². The predicted molar refractivity (Wildman–Crippen MR) is 142 cm³/mol. The average molecular weight is 585 g/mol. The first-order valence-corrected chi connectivity index (χ1v) is 12.4. The Kier molecular flexibility index (Phi) is 7.13. The Balaban J connectivity index is 1.45. The average Bonchev–Trinajstić information content (AvgIpc) is 3.59. The lowest BCUT2D eigenvalue weighted by atomic mass is 10.1. The molecule has 1 N–H and O–H groups in total. The van der Waals surface area contributed by atoms with Gasteiger partial charge in [-0.05, 0) is 32.0 Å². The number of aryl methyl sites for hydroxylation is 2. The summed E-state index contributed by atoms with van der Waals surface area (Å²) in [4.78, 5) is 51.7. The van der Waals surface area contributed by atoms with Gasteiger partial charge in [0.15, 0.2) is 11.2 Å². The molecule has 13 nitrogen and oxygen atoms in total. The molecule has 42 heavy (non-hydrogen) atoms. The summed E-state index contributed by atoms with van der Waals surface area (Å²) >= 11 is 0. The molecule has 0 aromatic carbocycles. The number of alkyl halides is 3. The van der Waals surface area contributed by atoms with Crippen LogP contribution in [0.1, 0.15) is 30.0 Å². The number of nitrogens with zero attached hydrogens (tertiary/aromatic N) is 7. The van der Waals surface area contributed by atoms with E-state index in [9.17, 15) is 27.6 Å². The zero-order valence-electron chi connectivity index (χ0n) is 22.6. The molecule has 0 saturated carbocycles. The number of aromatic nitrogens is 7. The second-order valence-corrected chi connectivity index (χ2v) is 9.34. The number of fused-ring (bicyclic) bond motifs is 1. The lowest BCUT2D eigenvalue weighted by Gasteiger charge is -2.15. The number of nitrogens with one attached hydrogen (secondary N) is 1. The van der Waals surface area contributed by atoms with E-state index in [0.29, 0.717) is 11.5 Å². The summed E-state index contributed by atoms with van der Waals surface area (Å²) in [6.45, 7) is 3.03.